The summed E-state index contributed by atoms with van der Waals surface area (Å²) in [6.07, 6.45) is 1.00. The van der Waals surface area contributed by atoms with E-state index in [9.17, 15) is 34.5 Å². The van der Waals surface area contributed by atoms with Gasteiger partial charge >= 0.3 is 23.7 Å². The molecule has 1 aromatic heterocycles. The Morgan fingerprint density at radius 1 is 1.15 bits per heavy atom. The third-order valence-electron chi connectivity index (χ3n) is 4.49. The van der Waals surface area contributed by atoms with Crippen LogP contribution in [-0.2, 0) is 9.59 Å². The van der Waals surface area contributed by atoms with E-state index >= 15 is 0 Å². The molecular weight excluding hydrogens is 346 g/mol. The minimum absolute atomic E-state index is 0.00970. The molecule has 10 nitrogen and oxygen atoms in total. The number of carboxylic acid groups (broad SMARTS) is 3. The Bertz CT molecular complexity index is 1100. The molecule has 4 N–H and O–H groups in total. The molecule has 0 amide bonds. The lowest BCUT2D eigenvalue weighted by molar-refractivity contribution is -0.352. The number of hydrogen-bond donors (Lipinski definition) is 4. The van der Waals surface area contributed by atoms with Crippen molar-refractivity contribution < 1.29 is 39.1 Å². The number of fused-ring (bicyclic) bond motifs is 2. The Morgan fingerprint density at radius 2 is 1.85 bits per heavy atom. The fourth-order valence-corrected chi connectivity index (χ4v) is 3.49. The van der Waals surface area contributed by atoms with Crippen molar-refractivity contribution in [3.63, 3.8) is 0 Å². The molecule has 0 bridgehead atoms. The largest absolute Gasteiger partial charge is 0.478 e. The van der Waals surface area contributed by atoms with Crippen LogP contribution in [0.5, 0.6) is 0 Å². The maximum Gasteiger partial charge on any atom is 0.376 e. The average molecular weight is 356 g/mol. The van der Waals surface area contributed by atoms with Crippen molar-refractivity contribution in [2.24, 2.45) is 4.99 Å². The summed E-state index contributed by atoms with van der Waals surface area (Å²) in [5, 5.41) is 28.2. The third-order valence-corrected chi connectivity index (χ3v) is 4.49. The number of allylic oxidation sites excluding steroid dienone is 2. The van der Waals surface area contributed by atoms with Gasteiger partial charge in [0.05, 0.1) is 11.5 Å². The Balaban J connectivity index is 2.08. The smallest absolute Gasteiger partial charge is 0.376 e. The van der Waals surface area contributed by atoms with Crippen LogP contribution in [0, 0.1) is 0 Å². The summed E-state index contributed by atoms with van der Waals surface area (Å²) in [7, 11) is 0. The number of hydrogen-bond acceptors (Lipinski definition) is 5. The van der Waals surface area contributed by atoms with E-state index in [1.165, 1.54) is 11.5 Å². The fourth-order valence-electron chi connectivity index (χ4n) is 3.49. The monoisotopic (exact) mass is 356 g/mol. The summed E-state index contributed by atoms with van der Waals surface area (Å²) < 4.78 is 1.22. The molecule has 1 aliphatic carbocycles. The van der Waals surface area contributed by atoms with Crippen molar-refractivity contribution in [2.75, 3.05) is 0 Å². The van der Waals surface area contributed by atoms with Gasteiger partial charge in [-0.25, -0.2) is 14.4 Å². The topological polar surface area (TPSA) is 160 Å². The normalized spacial score (nSPS) is 20.5. The lowest BCUT2D eigenvalue weighted by Gasteiger charge is -2.25. The summed E-state index contributed by atoms with van der Waals surface area (Å²) >= 11 is 0. The standard InChI is InChI=1S/C16H9N3O7/c1-4-17-11-12-9(5(14(21)22)3-8(16(25)26)19(4)12)10-6(13(11)20)2-7(18-10)15(23)24/h2-3,9H,1H3,(H3-,18,20,21,22,23,24,25,26)/p+1. The Morgan fingerprint density at radius 3 is 2.42 bits per heavy atom. The number of aromatic amines is 1. The molecule has 1 atom stereocenters. The lowest BCUT2D eigenvalue weighted by atomic mass is 9.80. The number of Topliss-reactive ketones (excluding diaryl/α,β-unsaturated/α-hetero) is 1. The quantitative estimate of drug-likeness (QED) is 0.563. The molecule has 0 spiro atoms. The summed E-state index contributed by atoms with van der Waals surface area (Å²) in [6.45, 7) is 1.50. The molecule has 0 fully saturated rings. The van der Waals surface area contributed by atoms with Crippen LogP contribution in [0.15, 0.2) is 34.1 Å². The number of aliphatic imine (C=N–C) groups is 1. The summed E-state index contributed by atoms with van der Waals surface area (Å²) in [4.78, 5) is 54.0. The highest BCUT2D eigenvalue weighted by Gasteiger charge is 2.53. The van der Waals surface area contributed by atoms with Crippen LogP contribution in [0.1, 0.15) is 39.4 Å². The summed E-state index contributed by atoms with van der Waals surface area (Å²) in [5.74, 6) is -5.47. The minimum Gasteiger partial charge on any atom is -0.478 e. The number of H-pyrrole nitrogens is 1. The first kappa shape index (κ1) is 15.7. The Labute approximate surface area is 144 Å². The zero-order valence-electron chi connectivity index (χ0n) is 13.1. The van der Waals surface area contributed by atoms with Gasteiger partial charge in [-0.2, -0.15) is 4.58 Å². The van der Waals surface area contributed by atoms with Crippen LogP contribution in [-0.4, -0.2) is 60.1 Å². The number of ketones is 1. The zero-order valence-corrected chi connectivity index (χ0v) is 13.1. The summed E-state index contributed by atoms with van der Waals surface area (Å²) in [5.41, 5.74) is -0.767. The number of carbonyl (C=O) groups is 4. The van der Waals surface area contributed by atoms with Gasteiger partial charge in [-0.05, 0) is 11.1 Å². The van der Waals surface area contributed by atoms with E-state index in [1.807, 2.05) is 0 Å². The highest BCUT2D eigenvalue weighted by Crippen LogP contribution is 2.45. The van der Waals surface area contributed by atoms with E-state index in [0.29, 0.717) is 0 Å². The van der Waals surface area contributed by atoms with Crippen LogP contribution in [0.4, 0.5) is 0 Å². The maximum atomic E-state index is 12.7. The first-order chi connectivity index (χ1) is 12.2. The number of nitrogens with zero attached hydrogens (tertiary/aromatic N) is 2. The number of carboxylic acids is 3. The van der Waals surface area contributed by atoms with Crippen LogP contribution < -0.4 is 0 Å². The Kier molecular flexibility index (Phi) is 2.93. The maximum absolute atomic E-state index is 12.7. The van der Waals surface area contributed by atoms with Gasteiger partial charge in [-0.1, -0.05) is 0 Å². The number of rotatable bonds is 3. The van der Waals surface area contributed by atoms with E-state index in [0.717, 1.165) is 12.1 Å². The second-order valence-electron chi connectivity index (χ2n) is 5.90. The van der Waals surface area contributed by atoms with Crippen LogP contribution in [0.2, 0.25) is 0 Å². The van der Waals surface area contributed by atoms with Gasteiger partial charge in [0.25, 0.3) is 5.70 Å². The van der Waals surface area contributed by atoms with Gasteiger partial charge in [0.2, 0.25) is 11.5 Å². The highest BCUT2D eigenvalue weighted by molar-refractivity contribution is 6.40. The molecule has 0 radical (unpaired) electrons. The molecule has 2 aliphatic heterocycles. The zero-order chi connectivity index (χ0) is 18.9. The van der Waals surface area contributed by atoms with Gasteiger partial charge in [0.1, 0.15) is 5.69 Å². The van der Waals surface area contributed by atoms with Crippen LogP contribution in [0.25, 0.3) is 0 Å². The molecule has 4 rings (SSSR count). The number of aromatic nitrogens is 1. The molecule has 1 unspecified atom stereocenters. The Hall–Kier alpha value is -3.82. The lowest BCUT2D eigenvalue weighted by Crippen LogP contribution is -2.37. The third kappa shape index (κ3) is 1.80. The predicted octanol–water partition coefficient (Wildman–Crippen LogP) is 0.199. The number of aromatic carboxylic acids is 1. The number of carbonyl (C=O) groups excluding carboxylic acids is 1. The van der Waals surface area contributed by atoms with Gasteiger partial charge in [-0.15, -0.1) is 0 Å². The van der Waals surface area contributed by atoms with Gasteiger partial charge in [0.15, 0.2) is 5.70 Å². The number of amidine groups is 1. The van der Waals surface area contributed by atoms with E-state index in [1.54, 1.807) is 0 Å². The molecule has 10 heteroatoms. The van der Waals surface area contributed by atoms with Gasteiger partial charge < -0.3 is 20.3 Å². The molecule has 0 saturated carbocycles. The van der Waals surface area contributed by atoms with E-state index in [4.69, 9.17) is 0 Å². The van der Waals surface area contributed by atoms with Gasteiger partial charge in [-0.3, -0.25) is 4.79 Å². The average Bonchev–Trinajstić information content (AvgIpc) is 3.15. The molecule has 3 heterocycles. The predicted molar refractivity (Wildman–Crippen MR) is 83.6 cm³/mol. The van der Waals surface area contributed by atoms with Crippen LogP contribution >= 0.6 is 0 Å². The van der Waals surface area contributed by atoms with Crippen molar-refractivity contribution in [1.82, 2.24) is 4.98 Å². The first-order valence-electron chi connectivity index (χ1n) is 7.38. The van der Waals surface area contributed by atoms with Gasteiger partial charge in [0, 0.05) is 24.3 Å². The highest BCUT2D eigenvalue weighted by atomic mass is 16.4. The molecule has 130 valence electrons. The van der Waals surface area contributed by atoms with Crippen molar-refractivity contribution in [1.29, 1.82) is 0 Å². The minimum atomic E-state index is -1.38. The van der Waals surface area contributed by atoms with E-state index in [2.05, 4.69) is 9.98 Å². The van der Waals surface area contributed by atoms with Crippen molar-refractivity contribution >= 4 is 35.2 Å². The second kappa shape index (κ2) is 4.85. The fraction of sp³-hybridized carbons (Fsp3) is 0.125. The van der Waals surface area contributed by atoms with Crippen molar-refractivity contribution in [2.45, 2.75) is 12.8 Å². The molecular formula is C16H10N3O7+. The molecule has 3 aliphatic rings. The van der Waals surface area contributed by atoms with Crippen LogP contribution in [0.3, 0.4) is 0 Å². The molecule has 26 heavy (non-hydrogen) atoms. The number of aliphatic carboxylic acids is 2. The van der Waals surface area contributed by atoms with Crippen molar-refractivity contribution in [3.05, 3.63) is 46.1 Å². The second-order valence-corrected chi connectivity index (χ2v) is 5.90. The SMILES string of the molecule is CC1=NC2=C3C(C(C(=O)O)=CC(C(=O)O)=[N+]13)c1[nH]c(C(=O)O)cc1C2=O. The first-order valence-corrected chi connectivity index (χ1v) is 7.38. The van der Waals surface area contributed by atoms with E-state index < -0.39 is 29.6 Å². The van der Waals surface area contributed by atoms with E-state index in [-0.39, 0.29) is 45.5 Å². The number of nitrogens with one attached hydrogen (secondary N) is 1. The molecule has 0 saturated heterocycles. The molecule has 0 aromatic carbocycles. The molecule has 1 aromatic rings. The summed E-state index contributed by atoms with van der Waals surface area (Å²) in [6, 6.07) is 1.13. The van der Waals surface area contributed by atoms with Crippen molar-refractivity contribution in [3.8, 4) is 0 Å².